The monoisotopic (exact) mass is 328 g/mol. The maximum atomic E-state index is 12.9. The number of hydrogen-bond acceptors (Lipinski definition) is 4. The summed E-state index contributed by atoms with van der Waals surface area (Å²) >= 11 is 0. The highest BCUT2D eigenvalue weighted by Gasteiger charge is 2.20. The number of hydrogen-bond donors (Lipinski definition) is 0. The Morgan fingerprint density at radius 3 is 2.46 bits per heavy atom. The minimum absolute atomic E-state index is 0.0323. The molecule has 0 N–H and O–H groups in total. The van der Waals surface area contributed by atoms with Crippen molar-refractivity contribution in [2.24, 2.45) is 0 Å². The van der Waals surface area contributed by atoms with Gasteiger partial charge in [0, 0.05) is 43.5 Å². The SMILES string of the molecule is COc1cccc(N2CCN(CC(=O)c3ccc(F)cc3)CC2)c1. The molecule has 1 heterocycles. The summed E-state index contributed by atoms with van der Waals surface area (Å²) in [6.45, 7) is 3.75. The van der Waals surface area contributed by atoms with Crippen LogP contribution in [0.2, 0.25) is 0 Å². The molecule has 1 fully saturated rings. The van der Waals surface area contributed by atoms with E-state index in [1.807, 2.05) is 18.2 Å². The first-order chi connectivity index (χ1) is 11.7. The molecular formula is C19H21FN2O2. The van der Waals surface area contributed by atoms with Crippen LogP contribution in [0.1, 0.15) is 10.4 Å². The summed E-state index contributed by atoms with van der Waals surface area (Å²) in [5.74, 6) is 0.560. The average molecular weight is 328 g/mol. The maximum Gasteiger partial charge on any atom is 0.176 e. The molecule has 2 aromatic rings. The Morgan fingerprint density at radius 1 is 1.08 bits per heavy atom. The molecule has 1 aliphatic heterocycles. The van der Waals surface area contributed by atoms with Crippen LogP contribution in [0.25, 0.3) is 0 Å². The van der Waals surface area contributed by atoms with Crippen molar-refractivity contribution in [2.45, 2.75) is 0 Å². The van der Waals surface area contributed by atoms with E-state index in [4.69, 9.17) is 4.74 Å². The standard InChI is InChI=1S/C19H21FN2O2/c1-24-18-4-2-3-17(13-18)22-11-9-21(10-12-22)14-19(23)15-5-7-16(20)8-6-15/h2-8,13H,9-12,14H2,1H3. The third-order valence-corrected chi connectivity index (χ3v) is 4.32. The summed E-state index contributed by atoms with van der Waals surface area (Å²) < 4.78 is 18.2. The second kappa shape index (κ2) is 7.45. The summed E-state index contributed by atoms with van der Waals surface area (Å²) in [4.78, 5) is 16.7. The van der Waals surface area contributed by atoms with E-state index in [0.717, 1.165) is 37.6 Å². The highest BCUT2D eigenvalue weighted by Crippen LogP contribution is 2.22. The molecule has 0 aromatic heterocycles. The number of Topliss-reactive ketones (excluding diaryl/α,β-unsaturated/α-hetero) is 1. The second-order valence-electron chi connectivity index (χ2n) is 5.89. The minimum atomic E-state index is -0.321. The molecule has 0 atom stereocenters. The van der Waals surface area contributed by atoms with E-state index in [1.54, 1.807) is 19.2 Å². The Morgan fingerprint density at radius 2 is 1.79 bits per heavy atom. The predicted molar refractivity (Wildman–Crippen MR) is 92.4 cm³/mol. The van der Waals surface area contributed by atoms with E-state index in [2.05, 4.69) is 15.9 Å². The van der Waals surface area contributed by atoms with Crippen LogP contribution in [-0.2, 0) is 0 Å². The summed E-state index contributed by atoms with van der Waals surface area (Å²) in [5, 5.41) is 0. The van der Waals surface area contributed by atoms with E-state index in [-0.39, 0.29) is 11.6 Å². The normalized spacial score (nSPS) is 15.3. The van der Waals surface area contributed by atoms with Crippen molar-refractivity contribution in [2.75, 3.05) is 44.7 Å². The Balaban J connectivity index is 1.55. The van der Waals surface area contributed by atoms with Crippen molar-refractivity contribution in [3.8, 4) is 5.75 Å². The molecule has 0 aliphatic carbocycles. The lowest BCUT2D eigenvalue weighted by molar-refractivity contribution is 0.0926. The molecule has 24 heavy (non-hydrogen) atoms. The van der Waals surface area contributed by atoms with E-state index >= 15 is 0 Å². The molecule has 0 bridgehead atoms. The fourth-order valence-corrected chi connectivity index (χ4v) is 2.90. The lowest BCUT2D eigenvalue weighted by atomic mass is 10.1. The fourth-order valence-electron chi connectivity index (χ4n) is 2.90. The van der Waals surface area contributed by atoms with Crippen LogP contribution < -0.4 is 9.64 Å². The quantitative estimate of drug-likeness (QED) is 0.790. The predicted octanol–water partition coefficient (Wildman–Crippen LogP) is 2.84. The third-order valence-electron chi connectivity index (χ3n) is 4.32. The number of ketones is 1. The van der Waals surface area contributed by atoms with Gasteiger partial charge in [-0.15, -0.1) is 0 Å². The molecule has 3 rings (SSSR count). The van der Waals surface area contributed by atoms with Gasteiger partial charge >= 0.3 is 0 Å². The summed E-state index contributed by atoms with van der Waals surface area (Å²) in [6.07, 6.45) is 0. The number of halogens is 1. The summed E-state index contributed by atoms with van der Waals surface area (Å²) in [5.41, 5.74) is 1.70. The molecule has 2 aromatic carbocycles. The number of methoxy groups -OCH3 is 1. The van der Waals surface area contributed by atoms with E-state index < -0.39 is 0 Å². The van der Waals surface area contributed by atoms with Gasteiger partial charge in [-0.2, -0.15) is 0 Å². The van der Waals surface area contributed by atoms with Gasteiger partial charge < -0.3 is 9.64 Å². The molecule has 0 unspecified atom stereocenters. The van der Waals surface area contributed by atoms with Gasteiger partial charge in [0.05, 0.1) is 13.7 Å². The highest BCUT2D eigenvalue weighted by atomic mass is 19.1. The number of benzene rings is 2. The van der Waals surface area contributed by atoms with Gasteiger partial charge in [-0.3, -0.25) is 9.69 Å². The minimum Gasteiger partial charge on any atom is -0.497 e. The van der Waals surface area contributed by atoms with Crippen LogP contribution in [-0.4, -0.2) is 50.5 Å². The van der Waals surface area contributed by atoms with Crippen LogP contribution in [0, 0.1) is 5.82 Å². The van der Waals surface area contributed by atoms with Gasteiger partial charge in [0.15, 0.2) is 5.78 Å². The van der Waals surface area contributed by atoms with Gasteiger partial charge in [0.1, 0.15) is 11.6 Å². The number of carbonyl (C=O) groups is 1. The third kappa shape index (κ3) is 3.92. The molecule has 0 radical (unpaired) electrons. The second-order valence-corrected chi connectivity index (χ2v) is 5.89. The van der Waals surface area contributed by atoms with Crippen molar-refractivity contribution >= 4 is 11.5 Å². The molecule has 4 nitrogen and oxygen atoms in total. The van der Waals surface area contributed by atoms with E-state index in [9.17, 15) is 9.18 Å². The summed E-state index contributed by atoms with van der Waals surface area (Å²) in [6, 6.07) is 13.8. The molecule has 1 aliphatic rings. The highest BCUT2D eigenvalue weighted by molar-refractivity contribution is 5.97. The Hall–Kier alpha value is -2.40. The van der Waals surface area contributed by atoms with Crippen LogP contribution >= 0.6 is 0 Å². The molecular weight excluding hydrogens is 307 g/mol. The molecule has 1 saturated heterocycles. The molecule has 126 valence electrons. The van der Waals surface area contributed by atoms with Crippen molar-refractivity contribution < 1.29 is 13.9 Å². The number of rotatable bonds is 5. The van der Waals surface area contributed by atoms with E-state index in [0.29, 0.717) is 12.1 Å². The number of anilines is 1. The van der Waals surface area contributed by atoms with Crippen molar-refractivity contribution in [3.63, 3.8) is 0 Å². The zero-order valence-electron chi connectivity index (χ0n) is 13.7. The van der Waals surface area contributed by atoms with Crippen molar-refractivity contribution in [3.05, 3.63) is 59.9 Å². The fraction of sp³-hybridized carbons (Fsp3) is 0.316. The van der Waals surface area contributed by atoms with Gasteiger partial charge in [-0.05, 0) is 36.4 Å². The molecule has 0 spiro atoms. The van der Waals surface area contributed by atoms with E-state index in [1.165, 1.54) is 12.1 Å². The van der Waals surface area contributed by atoms with Crippen LogP contribution in [0.5, 0.6) is 5.75 Å². The number of nitrogens with zero attached hydrogens (tertiary/aromatic N) is 2. The van der Waals surface area contributed by atoms with Crippen LogP contribution in [0.4, 0.5) is 10.1 Å². The largest absolute Gasteiger partial charge is 0.497 e. The first kappa shape index (κ1) is 16.5. The summed E-state index contributed by atoms with van der Waals surface area (Å²) in [7, 11) is 1.66. The van der Waals surface area contributed by atoms with Crippen molar-refractivity contribution in [1.82, 2.24) is 4.90 Å². The maximum absolute atomic E-state index is 12.9. The first-order valence-electron chi connectivity index (χ1n) is 8.06. The van der Waals surface area contributed by atoms with Gasteiger partial charge in [-0.25, -0.2) is 4.39 Å². The Bertz CT molecular complexity index is 695. The topological polar surface area (TPSA) is 32.8 Å². The van der Waals surface area contributed by atoms with Gasteiger partial charge in [0.25, 0.3) is 0 Å². The van der Waals surface area contributed by atoms with Crippen molar-refractivity contribution in [1.29, 1.82) is 0 Å². The van der Waals surface area contributed by atoms with Crippen LogP contribution in [0.15, 0.2) is 48.5 Å². The van der Waals surface area contributed by atoms with Gasteiger partial charge in [-0.1, -0.05) is 6.07 Å². The number of ether oxygens (including phenoxy) is 1. The number of carbonyl (C=O) groups excluding carboxylic acids is 1. The van der Waals surface area contributed by atoms with Gasteiger partial charge in [0.2, 0.25) is 0 Å². The Labute approximate surface area is 141 Å². The first-order valence-corrected chi connectivity index (χ1v) is 8.06. The zero-order valence-corrected chi connectivity index (χ0v) is 13.7. The average Bonchev–Trinajstić information content (AvgIpc) is 2.63. The lowest BCUT2D eigenvalue weighted by Crippen LogP contribution is -2.48. The zero-order chi connectivity index (χ0) is 16.9. The Kier molecular flexibility index (Phi) is 5.11. The van der Waals surface area contributed by atoms with Crippen LogP contribution in [0.3, 0.4) is 0 Å². The lowest BCUT2D eigenvalue weighted by Gasteiger charge is -2.35. The molecule has 0 saturated carbocycles. The smallest absolute Gasteiger partial charge is 0.176 e. The number of piperazine rings is 1. The molecule has 5 heteroatoms. The molecule has 0 amide bonds.